The first-order valence-electron chi connectivity index (χ1n) is 6.99. The van der Waals surface area contributed by atoms with Gasteiger partial charge in [0.1, 0.15) is 0 Å². The predicted octanol–water partition coefficient (Wildman–Crippen LogP) is 3.53. The second-order valence-corrected chi connectivity index (χ2v) is 7.17. The topological polar surface area (TPSA) is 45.2 Å². The lowest BCUT2D eigenvalue weighted by atomic mass is 10.1. The van der Waals surface area contributed by atoms with E-state index < -0.39 is 0 Å². The number of hydrogen-bond acceptors (Lipinski definition) is 4. The third kappa shape index (κ3) is 2.51. The summed E-state index contributed by atoms with van der Waals surface area (Å²) in [7, 11) is 0. The number of nitrogens with zero attached hydrogens (tertiary/aromatic N) is 2. The van der Waals surface area contributed by atoms with Crippen molar-refractivity contribution in [1.29, 1.82) is 0 Å². The number of carbonyl (C=O) groups excluding carboxylic acids is 1. The zero-order chi connectivity index (χ0) is 14.4. The second kappa shape index (κ2) is 5.00. The first-order chi connectivity index (χ1) is 10.2. The molecule has 4 rings (SSSR count). The summed E-state index contributed by atoms with van der Waals surface area (Å²) in [6, 6.07) is 6.52. The highest BCUT2D eigenvalue weighted by Gasteiger charge is 2.38. The number of rotatable bonds is 4. The summed E-state index contributed by atoms with van der Waals surface area (Å²) in [5.74, 6) is 0.178. The molecule has 2 aromatic rings. The highest BCUT2D eigenvalue weighted by Crippen LogP contribution is 2.35. The van der Waals surface area contributed by atoms with Gasteiger partial charge in [0.2, 0.25) is 0 Å². The van der Waals surface area contributed by atoms with Crippen LogP contribution in [-0.2, 0) is 13.1 Å². The Balaban J connectivity index is 1.50. The maximum Gasteiger partial charge on any atom is 0.254 e. The van der Waals surface area contributed by atoms with E-state index in [9.17, 15) is 4.79 Å². The van der Waals surface area contributed by atoms with Gasteiger partial charge in [0.05, 0.1) is 6.54 Å². The van der Waals surface area contributed by atoms with Crippen molar-refractivity contribution in [1.82, 2.24) is 9.88 Å². The molecule has 0 unspecified atom stereocenters. The number of hydrogen-bond donors (Lipinski definition) is 1. The van der Waals surface area contributed by atoms with Crippen LogP contribution in [-0.4, -0.2) is 21.8 Å². The number of amides is 1. The van der Waals surface area contributed by atoms with Crippen molar-refractivity contribution in [2.45, 2.75) is 32.0 Å². The number of thiazole rings is 1. The van der Waals surface area contributed by atoms with Crippen LogP contribution in [0.2, 0.25) is 4.47 Å². The van der Waals surface area contributed by atoms with Gasteiger partial charge < -0.3 is 10.2 Å². The first-order valence-corrected chi connectivity index (χ1v) is 8.18. The van der Waals surface area contributed by atoms with Crippen molar-refractivity contribution < 1.29 is 4.79 Å². The molecule has 1 amide bonds. The number of benzene rings is 1. The van der Waals surface area contributed by atoms with Crippen molar-refractivity contribution in [3.8, 4) is 0 Å². The van der Waals surface area contributed by atoms with Crippen molar-refractivity contribution in [3.05, 3.63) is 44.9 Å². The molecule has 0 saturated heterocycles. The molecular formula is C15H14ClN3OS. The maximum atomic E-state index is 12.4. The standard InChI is InChI=1S/C15H14ClN3OS/c16-15-18-7-12(21-15)6-17-10-2-1-9-8-19(11-3-4-11)14(20)13(9)5-10/h1-2,5,7,11,17H,3-4,6,8H2. The number of nitrogens with one attached hydrogen (secondary N) is 1. The zero-order valence-corrected chi connectivity index (χ0v) is 12.9. The molecule has 108 valence electrons. The number of halogens is 1. The Bertz CT molecular complexity index is 711. The van der Waals surface area contributed by atoms with Gasteiger partial charge >= 0.3 is 0 Å². The van der Waals surface area contributed by atoms with Crippen molar-refractivity contribution in [2.24, 2.45) is 0 Å². The minimum Gasteiger partial charge on any atom is -0.380 e. The van der Waals surface area contributed by atoms with Gasteiger partial charge in [0.15, 0.2) is 4.47 Å². The van der Waals surface area contributed by atoms with Gasteiger partial charge in [-0.1, -0.05) is 17.7 Å². The Morgan fingerprint density at radius 1 is 1.43 bits per heavy atom. The zero-order valence-electron chi connectivity index (χ0n) is 11.3. The quantitative estimate of drug-likeness (QED) is 0.937. The minimum absolute atomic E-state index is 0.178. The van der Waals surface area contributed by atoms with Crippen molar-refractivity contribution in [2.75, 3.05) is 5.32 Å². The Morgan fingerprint density at radius 3 is 3.00 bits per heavy atom. The predicted molar refractivity (Wildman–Crippen MR) is 83.8 cm³/mol. The summed E-state index contributed by atoms with van der Waals surface area (Å²) in [6.45, 7) is 1.44. The van der Waals surface area contributed by atoms with Gasteiger partial charge in [-0.05, 0) is 30.5 Å². The van der Waals surface area contributed by atoms with E-state index in [4.69, 9.17) is 11.6 Å². The highest BCUT2D eigenvalue weighted by atomic mass is 35.5. The van der Waals surface area contributed by atoms with E-state index >= 15 is 0 Å². The average molecular weight is 320 g/mol. The monoisotopic (exact) mass is 319 g/mol. The Kier molecular flexibility index (Phi) is 3.12. The van der Waals surface area contributed by atoms with Crippen LogP contribution in [0.25, 0.3) is 0 Å². The van der Waals surface area contributed by atoms with Crippen LogP contribution in [0.15, 0.2) is 24.4 Å². The van der Waals surface area contributed by atoms with Crippen molar-refractivity contribution >= 4 is 34.5 Å². The van der Waals surface area contributed by atoms with Crippen LogP contribution >= 0.6 is 22.9 Å². The smallest absolute Gasteiger partial charge is 0.254 e. The summed E-state index contributed by atoms with van der Waals surface area (Å²) in [5.41, 5.74) is 2.94. The van der Waals surface area contributed by atoms with E-state index in [1.54, 1.807) is 6.20 Å². The second-order valence-electron chi connectivity index (χ2n) is 5.47. The molecule has 21 heavy (non-hydrogen) atoms. The summed E-state index contributed by atoms with van der Waals surface area (Å²) in [4.78, 5) is 19.5. The SMILES string of the molecule is O=C1c2cc(NCc3cnc(Cl)s3)ccc2CN1C1CC1. The molecule has 1 aliphatic carbocycles. The molecule has 0 atom stereocenters. The third-order valence-corrected chi connectivity index (χ3v) is 5.04. The van der Waals surface area contributed by atoms with Gasteiger partial charge in [-0.2, -0.15) is 0 Å². The summed E-state index contributed by atoms with van der Waals surface area (Å²) >= 11 is 7.28. The van der Waals surface area contributed by atoms with E-state index in [1.807, 2.05) is 17.0 Å². The van der Waals surface area contributed by atoms with Gasteiger partial charge in [-0.25, -0.2) is 4.98 Å². The normalized spacial score (nSPS) is 17.2. The summed E-state index contributed by atoms with van der Waals surface area (Å²) < 4.78 is 0.552. The molecule has 4 nitrogen and oxygen atoms in total. The number of anilines is 1. The van der Waals surface area contributed by atoms with E-state index in [2.05, 4.69) is 16.4 Å². The van der Waals surface area contributed by atoms with Crippen LogP contribution < -0.4 is 5.32 Å². The van der Waals surface area contributed by atoms with Gasteiger partial charge in [-0.15, -0.1) is 11.3 Å². The van der Waals surface area contributed by atoms with Gasteiger partial charge in [0, 0.05) is 34.9 Å². The molecule has 0 spiro atoms. The highest BCUT2D eigenvalue weighted by molar-refractivity contribution is 7.15. The third-order valence-electron chi connectivity index (χ3n) is 3.92. The Morgan fingerprint density at radius 2 is 2.29 bits per heavy atom. The lowest BCUT2D eigenvalue weighted by Gasteiger charge is -2.13. The number of aromatic nitrogens is 1. The molecule has 1 N–H and O–H groups in total. The van der Waals surface area contributed by atoms with Crippen molar-refractivity contribution in [3.63, 3.8) is 0 Å². The number of fused-ring (bicyclic) bond motifs is 1. The molecule has 1 aromatic carbocycles. The van der Waals surface area contributed by atoms with Gasteiger partial charge in [0.25, 0.3) is 5.91 Å². The van der Waals surface area contributed by atoms with Gasteiger partial charge in [-0.3, -0.25) is 4.79 Å². The lowest BCUT2D eigenvalue weighted by Crippen LogP contribution is -2.25. The molecule has 1 fully saturated rings. The van der Waals surface area contributed by atoms with E-state index in [0.29, 0.717) is 17.1 Å². The Hall–Kier alpha value is -1.59. The fraction of sp³-hybridized carbons (Fsp3) is 0.333. The molecule has 1 aromatic heterocycles. The van der Waals surface area contributed by atoms with E-state index in [-0.39, 0.29) is 5.91 Å². The van der Waals surface area contributed by atoms with Crippen LogP contribution in [0.1, 0.15) is 33.6 Å². The average Bonchev–Trinajstić information content (AvgIpc) is 3.17. The largest absolute Gasteiger partial charge is 0.380 e. The molecule has 0 radical (unpaired) electrons. The van der Waals surface area contributed by atoms with E-state index in [0.717, 1.165) is 41.1 Å². The van der Waals surface area contributed by atoms with Crippen LogP contribution in [0.4, 0.5) is 5.69 Å². The summed E-state index contributed by atoms with van der Waals surface area (Å²) in [5, 5.41) is 3.33. The van der Waals surface area contributed by atoms with Crippen LogP contribution in [0.5, 0.6) is 0 Å². The fourth-order valence-electron chi connectivity index (χ4n) is 2.67. The van der Waals surface area contributed by atoms with E-state index in [1.165, 1.54) is 11.3 Å². The first kappa shape index (κ1) is 13.1. The maximum absolute atomic E-state index is 12.4. The van der Waals surface area contributed by atoms with Crippen LogP contribution in [0.3, 0.4) is 0 Å². The molecule has 0 bridgehead atoms. The molecular weight excluding hydrogens is 306 g/mol. The minimum atomic E-state index is 0.178. The molecule has 6 heteroatoms. The molecule has 1 aliphatic heterocycles. The molecule has 1 saturated carbocycles. The fourth-order valence-corrected chi connectivity index (χ4v) is 3.59. The molecule has 2 aliphatic rings. The summed E-state index contributed by atoms with van der Waals surface area (Å²) in [6.07, 6.45) is 4.07. The Labute approximate surface area is 131 Å². The lowest BCUT2D eigenvalue weighted by molar-refractivity contribution is 0.0766. The van der Waals surface area contributed by atoms with Crippen LogP contribution in [0, 0.1) is 0 Å². The molecule has 2 heterocycles. The number of carbonyl (C=O) groups is 1.